The van der Waals surface area contributed by atoms with Crippen LogP contribution in [0.3, 0.4) is 0 Å². The zero-order valence-electron chi connectivity index (χ0n) is 18.3. The van der Waals surface area contributed by atoms with Gasteiger partial charge >= 0.3 is 0 Å². The second kappa shape index (κ2) is 7.91. The van der Waals surface area contributed by atoms with Crippen LogP contribution in [0.15, 0.2) is 40.9 Å². The number of aryl methyl sites for hydroxylation is 1. The lowest BCUT2D eigenvalue weighted by molar-refractivity contribution is -0.136. The van der Waals surface area contributed by atoms with Crippen LogP contribution in [-0.2, 0) is 17.9 Å². The van der Waals surface area contributed by atoms with Crippen molar-refractivity contribution in [1.82, 2.24) is 24.3 Å². The van der Waals surface area contributed by atoms with Crippen molar-refractivity contribution in [2.24, 2.45) is 5.41 Å². The van der Waals surface area contributed by atoms with Gasteiger partial charge in [-0.3, -0.25) is 9.69 Å². The van der Waals surface area contributed by atoms with Gasteiger partial charge in [0, 0.05) is 55.3 Å². The normalized spacial score (nSPS) is 24.3. The van der Waals surface area contributed by atoms with Gasteiger partial charge in [-0.1, -0.05) is 0 Å². The largest absolute Gasteiger partial charge is 0.472 e. The Labute approximate surface area is 186 Å². The van der Waals surface area contributed by atoms with Crippen LogP contribution >= 0.6 is 11.3 Å². The number of amides is 1. The number of hydrogen-bond donors (Lipinski definition) is 0. The van der Waals surface area contributed by atoms with E-state index in [4.69, 9.17) is 9.40 Å². The summed E-state index contributed by atoms with van der Waals surface area (Å²) >= 11 is 1.64. The van der Waals surface area contributed by atoms with Gasteiger partial charge in [0.15, 0.2) is 0 Å². The molecule has 3 aromatic rings. The average Bonchev–Trinajstić information content (AvgIpc) is 3.53. The quantitative estimate of drug-likeness (QED) is 0.584. The Hall–Kier alpha value is -2.45. The molecule has 5 heterocycles. The smallest absolute Gasteiger partial charge is 0.231 e. The third-order valence-electron chi connectivity index (χ3n) is 6.74. The van der Waals surface area contributed by atoms with Crippen LogP contribution in [0, 0.1) is 12.3 Å². The predicted molar refractivity (Wildman–Crippen MR) is 119 cm³/mol. The fourth-order valence-corrected chi connectivity index (χ4v) is 5.72. The van der Waals surface area contributed by atoms with Crippen LogP contribution in [0.2, 0.25) is 0 Å². The summed E-state index contributed by atoms with van der Waals surface area (Å²) in [6.07, 6.45) is 8.40. The number of carbonyl (C=O) groups excluding carboxylic acids is 1. The molecule has 0 aromatic carbocycles. The van der Waals surface area contributed by atoms with Crippen molar-refractivity contribution in [3.05, 3.63) is 58.5 Å². The molecule has 2 aliphatic heterocycles. The van der Waals surface area contributed by atoms with Crippen molar-refractivity contribution >= 4 is 17.2 Å². The second-order valence-corrected chi connectivity index (χ2v) is 10.2. The monoisotopic (exact) mass is 439 g/mol. The van der Waals surface area contributed by atoms with Gasteiger partial charge in [-0.15, -0.1) is 11.3 Å². The SMILES string of the molecule is Cc1nc(CN2CC[C@@]3(CN(Cc4ccoc4)C[C@@H]3c3cn(C(C)C)cn3)C2=O)cs1. The summed E-state index contributed by atoms with van der Waals surface area (Å²) in [5, 5.41) is 3.11. The van der Waals surface area contributed by atoms with E-state index in [2.05, 4.69) is 39.9 Å². The summed E-state index contributed by atoms with van der Waals surface area (Å²) in [4.78, 5) is 27.6. The maximum absolute atomic E-state index is 13.8. The van der Waals surface area contributed by atoms with E-state index in [-0.39, 0.29) is 11.8 Å². The standard InChI is InChI=1S/C23H29N5O2S/c1-16(2)28-11-21(24-15-28)20-10-26(8-18-4-7-30-12-18)14-23(20)5-6-27(22(23)29)9-19-13-31-17(3)25-19/h4,7,11-13,15-16,20H,5-6,8-10,14H2,1-3H3/t20-,23+/m1/s1. The van der Waals surface area contributed by atoms with Gasteiger partial charge in [0.2, 0.25) is 5.91 Å². The molecule has 0 radical (unpaired) electrons. The lowest BCUT2D eigenvalue weighted by Gasteiger charge is -2.28. The van der Waals surface area contributed by atoms with E-state index in [9.17, 15) is 4.79 Å². The van der Waals surface area contributed by atoms with Crippen molar-refractivity contribution in [2.45, 2.75) is 52.2 Å². The molecular formula is C23H29N5O2S. The Balaban J connectivity index is 1.43. The molecule has 0 bridgehead atoms. The maximum atomic E-state index is 13.8. The molecule has 2 atom stereocenters. The molecule has 0 N–H and O–H groups in total. The van der Waals surface area contributed by atoms with Crippen molar-refractivity contribution in [2.75, 3.05) is 19.6 Å². The van der Waals surface area contributed by atoms with Crippen molar-refractivity contribution in [3.8, 4) is 0 Å². The number of carbonyl (C=O) groups is 1. The summed E-state index contributed by atoms with van der Waals surface area (Å²) in [5.74, 6) is 0.339. The molecule has 0 aliphatic carbocycles. The van der Waals surface area contributed by atoms with Crippen LogP contribution in [0.5, 0.6) is 0 Å². The Morgan fingerprint density at radius 1 is 1.35 bits per heavy atom. The summed E-state index contributed by atoms with van der Waals surface area (Å²) in [6, 6.07) is 2.35. The van der Waals surface area contributed by atoms with Gasteiger partial charge < -0.3 is 13.9 Å². The van der Waals surface area contributed by atoms with Gasteiger partial charge in [-0.2, -0.15) is 0 Å². The lowest BCUT2D eigenvalue weighted by Crippen LogP contribution is -2.39. The minimum absolute atomic E-state index is 0.0917. The highest BCUT2D eigenvalue weighted by molar-refractivity contribution is 7.09. The van der Waals surface area contributed by atoms with Crippen LogP contribution in [0.4, 0.5) is 0 Å². The maximum Gasteiger partial charge on any atom is 0.231 e. The summed E-state index contributed by atoms with van der Waals surface area (Å²) in [7, 11) is 0. The number of aromatic nitrogens is 3. The van der Waals surface area contributed by atoms with E-state index < -0.39 is 5.41 Å². The van der Waals surface area contributed by atoms with E-state index in [0.717, 1.165) is 54.6 Å². The van der Waals surface area contributed by atoms with Gasteiger partial charge in [0.05, 0.1) is 47.2 Å². The van der Waals surface area contributed by atoms with E-state index in [1.165, 1.54) is 0 Å². The molecule has 2 fully saturated rings. The van der Waals surface area contributed by atoms with Crippen LogP contribution in [0.1, 0.15) is 54.2 Å². The van der Waals surface area contributed by atoms with Crippen LogP contribution < -0.4 is 0 Å². The zero-order chi connectivity index (χ0) is 21.6. The van der Waals surface area contributed by atoms with Crippen molar-refractivity contribution in [1.29, 1.82) is 0 Å². The third kappa shape index (κ3) is 3.72. The first-order chi connectivity index (χ1) is 14.9. The molecule has 0 unspecified atom stereocenters. The summed E-state index contributed by atoms with van der Waals surface area (Å²) < 4.78 is 7.40. The first-order valence-electron chi connectivity index (χ1n) is 10.9. The number of nitrogens with zero attached hydrogens (tertiary/aromatic N) is 5. The Kier molecular flexibility index (Phi) is 5.22. The highest BCUT2D eigenvalue weighted by atomic mass is 32.1. The molecule has 7 nitrogen and oxygen atoms in total. The molecule has 31 heavy (non-hydrogen) atoms. The summed E-state index contributed by atoms with van der Waals surface area (Å²) in [6.45, 7) is 10.1. The van der Waals surface area contributed by atoms with Gasteiger partial charge in [0.1, 0.15) is 0 Å². The number of likely N-dealkylation sites (tertiary alicyclic amines) is 2. The van der Waals surface area contributed by atoms with E-state index in [1.54, 1.807) is 23.9 Å². The first kappa shape index (κ1) is 20.5. The Morgan fingerprint density at radius 3 is 2.90 bits per heavy atom. The highest BCUT2D eigenvalue weighted by Gasteiger charge is 2.57. The van der Waals surface area contributed by atoms with Gasteiger partial charge in [0.25, 0.3) is 0 Å². The number of thiazole rings is 1. The minimum Gasteiger partial charge on any atom is -0.472 e. The first-order valence-corrected chi connectivity index (χ1v) is 11.8. The molecule has 5 rings (SSSR count). The van der Waals surface area contributed by atoms with E-state index in [0.29, 0.717) is 12.6 Å². The minimum atomic E-state index is -0.426. The van der Waals surface area contributed by atoms with Gasteiger partial charge in [-0.25, -0.2) is 9.97 Å². The Bertz CT molecular complexity index is 1060. The van der Waals surface area contributed by atoms with Crippen LogP contribution in [0.25, 0.3) is 0 Å². The lowest BCUT2D eigenvalue weighted by atomic mass is 9.75. The molecular weight excluding hydrogens is 410 g/mol. The fourth-order valence-electron chi connectivity index (χ4n) is 5.11. The number of rotatable bonds is 6. The van der Waals surface area contributed by atoms with Crippen LogP contribution in [-0.4, -0.2) is 49.9 Å². The number of furan rings is 1. The number of hydrogen-bond acceptors (Lipinski definition) is 6. The molecule has 1 spiro atoms. The molecule has 2 saturated heterocycles. The second-order valence-electron chi connectivity index (χ2n) is 9.18. The topological polar surface area (TPSA) is 67.4 Å². The molecule has 0 saturated carbocycles. The van der Waals surface area contributed by atoms with E-state index in [1.807, 2.05) is 24.2 Å². The molecule has 1 amide bonds. The molecule has 8 heteroatoms. The molecule has 3 aromatic heterocycles. The molecule has 2 aliphatic rings. The van der Waals surface area contributed by atoms with Crippen molar-refractivity contribution < 1.29 is 9.21 Å². The zero-order valence-corrected chi connectivity index (χ0v) is 19.1. The Morgan fingerprint density at radius 2 is 2.23 bits per heavy atom. The predicted octanol–water partition coefficient (Wildman–Crippen LogP) is 3.84. The fraction of sp³-hybridized carbons (Fsp3) is 0.522. The third-order valence-corrected chi connectivity index (χ3v) is 7.56. The highest BCUT2D eigenvalue weighted by Crippen LogP contribution is 2.50. The van der Waals surface area contributed by atoms with Gasteiger partial charge in [-0.05, 0) is 33.3 Å². The van der Waals surface area contributed by atoms with E-state index >= 15 is 0 Å². The molecule has 164 valence electrons. The number of imidazole rings is 1. The van der Waals surface area contributed by atoms with Crippen molar-refractivity contribution in [3.63, 3.8) is 0 Å². The summed E-state index contributed by atoms with van der Waals surface area (Å²) in [5.41, 5.74) is 2.74. The average molecular weight is 440 g/mol.